The molecule has 0 saturated carbocycles. The lowest BCUT2D eigenvalue weighted by Crippen LogP contribution is -2.51. The van der Waals surface area contributed by atoms with Crippen molar-refractivity contribution < 1.29 is 14.0 Å². The minimum Gasteiger partial charge on any atom is -0.335 e. The average molecular weight is 489 g/mol. The summed E-state index contributed by atoms with van der Waals surface area (Å²) in [6.45, 7) is 2.46. The fourth-order valence-electron chi connectivity index (χ4n) is 3.63. The van der Waals surface area contributed by atoms with Crippen LogP contribution in [-0.2, 0) is 0 Å². The molecule has 3 aromatic rings. The van der Waals surface area contributed by atoms with Gasteiger partial charge in [-0.15, -0.1) is 0 Å². The van der Waals surface area contributed by atoms with Crippen molar-refractivity contribution in [1.82, 2.24) is 19.6 Å². The number of hydrogen-bond donors (Lipinski definition) is 0. The van der Waals surface area contributed by atoms with Crippen molar-refractivity contribution >= 4 is 35.0 Å². The van der Waals surface area contributed by atoms with Crippen LogP contribution in [0.5, 0.6) is 0 Å². The summed E-state index contributed by atoms with van der Waals surface area (Å²) in [5.41, 5.74) is 0.412. The Hall–Kier alpha value is -3.23. The monoisotopic (exact) mass is 488 g/mol. The zero-order valence-corrected chi connectivity index (χ0v) is 19.1. The van der Waals surface area contributed by atoms with Gasteiger partial charge in [0.05, 0.1) is 11.3 Å². The molecule has 0 spiro atoms. The van der Waals surface area contributed by atoms with Crippen LogP contribution in [-0.4, -0.2) is 57.6 Å². The van der Waals surface area contributed by atoms with Gasteiger partial charge >= 0.3 is 0 Å². The normalized spacial score (nSPS) is 13.8. The predicted octanol–water partition coefficient (Wildman–Crippen LogP) is 3.59. The molecular formula is C23H19Cl2FN4O3. The van der Waals surface area contributed by atoms with Gasteiger partial charge in [-0.25, -0.2) is 9.07 Å². The molecule has 2 aromatic carbocycles. The molecule has 0 aliphatic carbocycles. The quantitative estimate of drug-likeness (QED) is 0.564. The lowest BCUT2D eigenvalue weighted by atomic mass is 10.1. The van der Waals surface area contributed by atoms with Gasteiger partial charge in [0.1, 0.15) is 5.82 Å². The van der Waals surface area contributed by atoms with Crippen LogP contribution >= 0.6 is 23.2 Å². The molecule has 170 valence electrons. The molecule has 1 aliphatic rings. The number of aromatic nitrogens is 2. The summed E-state index contributed by atoms with van der Waals surface area (Å²) < 4.78 is 15.6. The van der Waals surface area contributed by atoms with E-state index >= 15 is 0 Å². The summed E-state index contributed by atoms with van der Waals surface area (Å²) in [5, 5.41) is 5.11. The highest BCUT2D eigenvalue weighted by Crippen LogP contribution is 2.18. The first-order valence-corrected chi connectivity index (χ1v) is 10.9. The van der Waals surface area contributed by atoms with E-state index in [0.717, 1.165) is 6.07 Å². The van der Waals surface area contributed by atoms with Crippen LogP contribution in [0.1, 0.15) is 26.5 Å². The maximum absolute atomic E-state index is 14.1. The van der Waals surface area contributed by atoms with Gasteiger partial charge in [0.2, 0.25) is 5.43 Å². The minimum atomic E-state index is -0.658. The van der Waals surface area contributed by atoms with Crippen LogP contribution in [0.15, 0.2) is 53.3 Å². The Morgan fingerprint density at radius 1 is 0.879 bits per heavy atom. The maximum Gasteiger partial charge on any atom is 0.278 e. The lowest BCUT2D eigenvalue weighted by Gasteiger charge is -2.34. The molecule has 1 saturated heterocycles. The van der Waals surface area contributed by atoms with Gasteiger partial charge in [0, 0.05) is 48.0 Å². The number of halogens is 3. The van der Waals surface area contributed by atoms with E-state index in [1.54, 1.807) is 31.2 Å². The third-order valence-electron chi connectivity index (χ3n) is 5.39. The molecule has 2 heterocycles. The number of piperazine rings is 1. The minimum absolute atomic E-state index is 0.117. The predicted molar refractivity (Wildman–Crippen MR) is 123 cm³/mol. The van der Waals surface area contributed by atoms with Crippen molar-refractivity contribution in [2.45, 2.75) is 6.92 Å². The van der Waals surface area contributed by atoms with Gasteiger partial charge in [-0.2, -0.15) is 5.10 Å². The second kappa shape index (κ2) is 9.33. The van der Waals surface area contributed by atoms with Crippen LogP contribution in [0, 0.1) is 12.7 Å². The Labute approximate surface area is 198 Å². The molecule has 10 heteroatoms. The summed E-state index contributed by atoms with van der Waals surface area (Å²) in [4.78, 5) is 41.2. The number of rotatable bonds is 3. The summed E-state index contributed by atoms with van der Waals surface area (Å²) in [6, 6.07) is 12.0. The molecule has 0 unspecified atom stereocenters. The Balaban J connectivity index is 1.51. The molecule has 0 atom stereocenters. The molecular weight excluding hydrogens is 470 g/mol. The first-order chi connectivity index (χ1) is 15.7. The highest BCUT2D eigenvalue weighted by Gasteiger charge is 2.29. The molecule has 2 amide bonds. The third-order valence-corrected chi connectivity index (χ3v) is 5.88. The van der Waals surface area contributed by atoms with Crippen molar-refractivity contribution in [3.63, 3.8) is 0 Å². The lowest BCUT2D eigenvalue weighted by molar-refractivity contribution is 0.0527. The van der Waals surface area contributed by atoms with E-state index in [4.69, 9.17) is 23.2 Å². The first kappa shape index (κ1) is 22.9. The van der Waals surface area contributed by atoms with Crippen LogP contribution < -0.4 is 5.43 Å². The SMILES string of the molecule is Cc1cc(=O)c(C(=O)N2CCN(C(=O)c3cc(Cl)ccc3F)CC2)nn1-c1ccc(Cl)cc1. The second-order valence-electron chi connectivity index (χ2n) is 7.60. The first-order valence-electron chi connectivity index (χ1n) is 10.1. The zero-order valence-electron chi connectivity index (χ0n) is 17.6. The van der Waals surface area contributed by atoms with Crippen LogP contribution in [0.3, 0.4) is 0 Å². The van der Waals surface area contributed by atoms with E-state index in [2.05, 4.69) is 5.10 Å². The number of amides is 2. The van der Waals surface area contributed by atoms with Crippen molar-refractivity contribution in [1.29, 1.82) is 0 Å². The fourth-order valence-corrected chi connectivity index (χ4v) is 3.93. The Morgan fingerprint density at radius 3 is 2.09 bits per heavy atom. The molecule has 7 nitrogen and oxygen atoms in total. The summed E-state index contributed by atoms with van der Waals surface area (Å²) in [7, 11) is 0. The topological polar surface area (TPSA) is 75.5 Å². The molecule has 0 bridgehead atoms. The molecule has 0 radical (unpaired) electrons. The van der Waals surface area contributed by atoms with Crippen molar-refractivity contribution in [3.05, 3.63) is 91.6 Å². The van der Waals surface area contributed by atoms with Crippen molar-refractivity contribution in [2.24, 2.45) is 0 Å². The summed E-state index contributed by atoms with van der Waals surface area (Å²) >= 11 is 11.8. The standard InChI is InChI=1S/C23H19Cl2FN4O3/c1-14-12-20(31)21(27-30(14)17-5-2-15(24)3-6-17)23(33)29-10-8-28(9-11-29)22(32)18-13-16(25)4-7-19(18)26/h2-7,12-13H,8-11H2,1H3. The molecule has 0 N–H and O–H groups in total. The highest BCUT2D eigenvalue weighted by atomic mass is 35.5. The van der Waals surface area contributed by atoms with Gasteiger partial charge in [0.15, 0.2) is 5.69 Å². The number of hydrogen-bond acceptors (Lipinski definition) is 4. The van der Waals surface area contributed by atoms with E-state index in [-0.39, 0.29) is 42.5 Å². The van der Waals surface area contributed by atoms with Gasteiger partial charge in [-0.3, -0.25) is 14.4 Å². The largest absolute Gasteiger partial charge is 0.335 e. The van der Waals surface area contributed by atoms with Crippen LogP contribution in [0.25, 0.3) is 5.69 Å². The number of nitrogens with zero attached hydrogens (tertiary/aromatic N) is 4. The molecule has 1 aliphatic heterocycles. The van der Waals surface area contributed by atoms with Gasteiger partial charge < -0.3 is 9.80 Å². The molecule has 33 heavy (non-hydrogen) atoms. The fraction of sp³-hybridized carbons (Fsp3) is 0.217. The third kappa shape index (κ3) is 4.77. The van der Waals surface area contributed by atoms with Crippen LogP contribution in [0.4, 0.5) is 4.39 Å². The second-order valence-corrected chi connectivity index (χ2v) is 8.47. The van der Waals surface area contributed by atoms with Crippen molar-refractivity contribution in [3.8, 4) is 5.69 Å². The number of benzene rings is 2. The van der Waals surface area contributed by atoms with E-state index < -0.39 is 23.1 Å². The van der Waals surface area contributed by atoms with Gasteiger partial charge in [-0.1, -0.05) is 23.2 Å². The summed E-state index contributed by atoms with van der Waals surface area (Å²) in [5.74, 6) is -1.68. The van der Waals surface area contributed by atoms with Crippen molar-refractivity contribution in [2.75, 3.05) is 26.2 Å². The van der Waals surface area contributed by atoms with Crippen LogP contribution in [0.2, 0.25) is 10.0 Å². The van der Waals surface area contributed by atoms with E-state index in [0.29, 0.717) is 16.4 Å². The molecule has 4 rings (SSSR count). The Bertz CT molecular complexity index is 1290. The number of carbonyl (C=O) groups is 2. The Kier molecular flexibility index (Phi) is 6.49. The molecule has 1 fully saturated rings. The average Bonchev–Trinajstić information content (AvgIpc) is 2.81. The van der Waals surface area contributed by atoms with E-state index in [1.807, 2.05) is 0 Å². The van der Waals surface area contributed by atoms with E-state index in [9.17, 15) is 18.8 Å². The maximum atomic E-state index is 14.1. The summed E-state index contributed by atoms with van der Waals surface area (Å²) in [6.07, 6.45) is 0. The number of carbonyl (C=O) groups excluding carboxylic acids is 2. The zero-order chi connectivity index (χ0) is 23.7. The molecule has 1 aromatic heterocycles. The Morgan fingerprint density at radius 2 is 1.45 bits per heavy atom. The number of aryl methyl sites for hydroxylation is 1. The van der Waals surface area contributed by atoms with Gasteiger partial charge in [-0.05, 0) is 49.4 Å². The smallest absolute Gasteiger partial charge is 0.278 e. The van der Waals surface area contributed by atoms with E-state index in [1.165, 1.54) is 32.7 Å². The highest BCUT2D eigenvalue weighted by molar-refractivity contribution is 6.31. The van der Waals surface area contributed by atoms with Gasteiger partial charge in [0.25, 0.3) is 11.8 Å².